The number of rotatable bonds is 13. The first-order valence-electron chi connectivity index (χ1n) is 10.6. The SMILES string of the molecule is CCc1c(CNNCCCCCN2CC(=O)NC2=O)ccc(Cl)c1OCC1CC1. The monoisotopic (exact) mass is 422 g/mol. The Morgan fingerprint density at radius 2 is 2.03 bits per heavy atom. The molecule has 0 radical (unpaired) electrons. The first-order valence-corrected chi connectivity index (χ1v) is 10.9. The molecule has 1 aromatic carbocycles. The quantitative estimate of drug-likeness (QED) is 0.258. The van der Waals surface area contributed by atoms with E-state index in [2.05, 4.69) is 29.2 Å². The van der Waals surface area contributed by atoms with Crippen molar-refractivity contribution in [3.05, 3.63) is 28.3 Å². The van der Waals surface area contributed by atoms with Gasteiger partial charge in [0.2, 0.25) is 5.91 Å². The van der Waals surface area contributed by atoms with Crippen molar-refractivity contribution in [2.45, 2.75) is 52.0 Å². The highest BCUT2D eigenvalue weighted by Crippen LogP contribution is 2.35. The molecule has 0 aromatic heterocycles. The number of benzene rings is 1. The van der Waals surface area contributed by atoms with Gasteiger partial charge in [0.1, 0.15) is 12.3 Å². The van der Waals surface area contributed by atoms with Crippen molar-refractivity contribution in [1.82, 2.24) is 21.1 Å². The van der Waals surface area contributed by atoms with Gasteiger partial charge >= 0.3 is 6.03 Å². The Hall–Kier alpha value is -1.83. The summed E-state index contributed by atoms with van der Waals surface area (Å²) in [7, 11) is 0. The molecule has 2 aliphatic rings. The third-order valence-corrected chi connectivity index (χ3v) is 5.62. The maximum absolute atomic E-state index is 11.5. The van der Waals surface area contributed by atoms with Gasteiger partial charge in [0.05, 0.1) is 11.6 Å². The molecule has 1 aliphatic carbocycles. The molecule has 3 amide bonds. The van der Waals surface area contributed by atoms with Crippen molar-refractivity contribution >= 4 is 23.5 Å². The Bertz CT molecular complexity index is 724. The van der Waals surface area contributed by atoms with Crippen molar-refractivity contribution < 1.29 is 14.3 Å². The second kappa shape index (κ2) is 10.8. The third kappa shape index (κ3) is 6.59. The molecular formula is C21H31ClN4O3. The average Bonchev–Trinajstić information content (AvgIpc) is 3.47. The molecule has 2 fully saturated rings. The van der Waals surface area contributed by atoms with Crippen LogP contribution in [0.1, 0.15) is 50.2 Å². The first kappa shape index (κ1) is 21.9. The molecule has 1 aliphatic heterocycles. The largest absolute Gasteiger partial charge is 0.491 e. The number of hydrazine groups is 1. The van der Waals surface area contributed by atoms with E-state index < -0.39 is 0 Å². The van der Waals surface area contributed by atoms with Crippen LogP contribution < -0.4 is 20.9 Å². The van der Waals surface area contributed by atoms with E-state index in [1.165, 1.54) is 24.0 Å². The summed E-state index contributed by atoms with van der Waals surface area (Å²) in [6, 6.07) is 3.70. The van der Waals surface area contributed by atoms with Gasteiger partial charge in [0.25, 0.3) is 0 Å². The number of carbonyl (C=O) groups excluding carboxylic acids is 2. The molecule has 1 aromatic rings. The van der Waals surface area contributed by atoms with Crippen LogP contribution in [0.3, 0.4) is 0 Å². The molecule has 8 heteroatoms. The van der Waals surface area contributed by atoms with Crippen LogP contribution in [0.2, 0.25) is 5.02 Å². The van der Waals surface area contributed by atoms with Gasteiger partial charge < -0.3 is 9.64 Å². The molecule has 1 saturated carbocycles. The van der Waals surface area contributed by atoms with E-state index in [9.17, 15) is 9.59 Å². The predicted molar refractivity (Wildman–Crippen MR) is 113 cm³/mol. The van der Waals surface area contributed by atoms with Gasteiger partial charge in [0, 0.05) is 19.6 Å². The summed E-state index contributed by atoms with van der Waals surface area (Å²) in [6.07, 6.45) is 6.27. The zero-order valence-electron chi connectivity index (χ0n) is 17.1. The fourth-order valence-corrected chi connectivity index (χ4v) is 3.67. The van der Waals surface area contributed by atoms with Crippen molar-refractivity contribution in [3.8, 4) is 5.75 Å². The standard InChI is InChI=1S/C21H31ClN4O3/c1-2-17-16(8-9-18(22)20(17)29-14-15-6-7-15)12-24-23-10-4-3-5-11-26-13-19(27)25-21(26)28/h8-9,15,23-24H,2-7,10-14H2,1H3,(H,25,27,28). The lowest BCUT2D eigenvalue weighted by atomic mass is 10.0. The number of unbranched alkanes of at least 4 members (excludes halogenated alkanes) is 2. The van der Waals surface area contributed by atoms with Crippen LogP contribution in [0.4, 0.5) is 4.79 Å². The number of halogens is 1. The molecule has 0 spiro atoms. The molecule has 3 N–H and O–H groups in total. The smallest absolute Gasteiger partial charge is 0.324 e. The summed E-state index contributed by atoms with van der Waals surface area (Å²) >= 11 is 6.37. The normalized spacial score (nSPS) is 16.4. The van der Waals surface area contributed by atoms with E-state index in [4.69, 9.17) is 16.3 Å². The average molecular weight is 423 g/mol. The van der Waals surface area contributed by atoms with E-state index in [0.29, 0.717) is 24.0 Å². The van der Waals surface area contributed by atoms with Gasteiger partial charge in [-0.15, -0.1) is 0 Å². The van der Waals surface area contributed by atoms with Gasteiger partial charge in [-0.05, 0) is 55.2 Å². The van der Waals surface area contributed by atoms with E-state index in [-0.39, 0.29) is 18.5 Å². The van der Waals surface area contributed by atoms with Gasteiger partial charge in [-0.1, -0.05) is 31.0 Å². The fraction of sp³-hybridized carbons (Fsp3) is 0.619. The number of amides is 3. The lowest BCUT2D eigenvalue weighted by Crippen LogP contribution is -2.32. The zero-order chi connectivity index (χ0) is 20.6. The molecule has 0 unspecified atom stereocenters. The van der Waals surface area contributed by atoms with Crippen LogP contribution in [0.5, 0.6) is 5.75 Å². The van der Waals surface area contributed by atoms with Gasteiger partial charge in [-0.25, -0.2) is 4.79 Å². The highest BCUT2D eigenvalue weighted by atomic mass is 35.5. The number of imide groups is 1. The number of carbonyl (C=O) groups is 2. The van der Waals surface area contributed by atoms with Crippen molar-refractivity contribution in [3.63, 3.8) is 0 Å². The predicted octanol–water partition coefficient (Wildman–Crippen LogP) is 3.01. The van der Waals surface area contributed by atoms with E-state index >= 15 is 0 Å². The van der Waals surface area contributed by atoms with Crippen molar-refractivity contribution in [1.29, 1.82) is 0 Å². The Labute approximate surface area is 177 Å². The third-order valence-electron chi connectivity index (χ3n) is 5.32. The van der Waals surface area contributed by atoms with Crippen LogP contribution in [0.25, 0.3) is 0 Å². The van der Waals surface area contributed by atoms with Gasteiger partial charge in [0.15, 0.2) is 0 Å². The zero-order valence-corrected chi connectivity index (χ0v) is 17.8. The summed E-state index contributed by atoms with van der Waals surface area (Å²) in [5, 5.41) is 2.98. The molecule has 29 heavy (non-hydrogen) atoms. The Kier molecular flexibility index (Phi) is 8.15. The van der Waals surface area contributed by atoms with E-state index in [1.807, 2.05) is 6.07 Å². The molecule has 0 bridgehead atoms. The second-order valence-corrected chi connectivity index (χ2v) is 8.15. The maximum atomic E-state index is 11.5. The van der Waals surface area contributed by atoms with Crippen LogP contribution >= 0.6 is 11.6 Å². The lowest BCUT2D eigenvalue weighted by molar-refractivity contribution is -0.118. The summed E-state index contributed by atoms with van der Waals surface area (Å²) in [5.74, 6) is 1.32. The lowest BCUT2D eigenvalue weighted by Gasteiger charge is -2.17. The minimum atomic E-state index is -0.273. The Balaban J connectivity index is 1.33. The number of urea groups is 1. The summed E-state index contributed by atoms with van der Waals surface area (Å²) in [6.45, 7) is 5.24. The Morgan fingerprint density at radius 1 is 1.21 bits per heavy atom. The highest BCUT2D eigenvalue weighted by Gasteiger charge is 2.25. The molecule has 0 atom stereocenters. The van der Waals surface area contributed by atoms with Crippen molar-refractivity contribution in [2.75, 3.05) is 26.2 Å². The highest BCUT2D eigenvalue weighted by molar-refractivity contribution is 6.32. The fourth-order valence-electron chi connectivity index (χ4n) is 3.44. The molecule has 1 heterocycles. The number of ether oxygens (including phenoxy) is 1. The molecule has 7 nitrogen and oxygen atoms in total. The van der Waals surface area contributed by atoms with Crippen LogP contribution in [0.15, 0.2) is 12.1 Å². The summed E-state index contributed by atoms with van der Waals surface area (Å²) in [5.41, 5.74) is 8.90. The molecule has 1 saturated heterocycles. The summed E-state index contributed by atoms with van der Waals surface area (Å²) in [4.78, 5) is 24.1. The van der Waals surface area contributed by atoms with E-state index in [1.54, 1.807) is 4.90 Å². The molecule has 3 rings (SSSR count). The summed E-state index contributed by atoms with van der Waals surface area (Å²) < 4.78 is 6.02. The number of nitrogens with one attached hydrogen (secondary N) is 3. The number of hydrogen-bond donors (Lipinski definition) is 3. The van der Waals surface area contributed by atoms with Gasteiger partial charge in [-0.2, -0.15) is 0 Å². The second-order valence-electron chi connectivity index (χ2n) is 7.74. The first-order chi connectivity index (χ1) is 14.1. The number of hydrogen-bond acceptors (Lipinski definition) is 5. The molecule has 160 valence electrons. The Morgan fingerprint density at radius 3 is 2.72 bits per heavy atom. The molecular weight excluding hydrogens is 392 g/mol. The van der Waals surface area contributed by atoms with Crippen LogP contribution in [0, 0.1) is 5.92 Å². The van der Waals surface area contributed by atoms with E-state index in [0.717, 1.165) is 44.6 Å². The number of nitrogens with zero attached hydrogens (tertiary/aromatic N) is 1. The van der Waals surface area contributed by atoms with Crippen molar-refractivity contribution in [2.24, 2.45) is 5.92 Å². The maximum Gasteiger partial charge on any atom is 0.324 e. The topological polar surface area (TPSA) is 82.7 Å². The van der Waals surface area contributed by atoms with Gasteiger partial charge in [-0.3, -0.25) is 21.0 Å². The minimum Gasteiger partial charge on any atom is -0.491 e. The van der Waals surface area contributed by atoms with Crippen LogP contribution in [-0.2, 0) is 17.8 Å². The minimum absolute atomic E-state index is 0.186. The van der Waals surface area contributed by atoms with Crippen LogP contribution in [-0.4, -0.2) is 43.1 Å².